The number of hydrogen-bond acceptors (Lipinski definition) is 4. The maximum Gasteiger partial charge on any atom is 0.181 e. The number of aromatic nitrogens is 5. The van der Waals surface area contributed by atoms with Gasteiger partial charge in [-0.2, -0.15) is 10.2 Å². The molecule has 0 spiro atoms. The van der Waals surface area contributed by atoms with E-state index in [4.69, 9.17) is 4.98 Å². The zero-order valence-corrected chi connectivity index (χ0v) is 14.1. The number of aromatic amines is 1. The number of aryl methyl sites for hydroxylation is 1. The van der Waals surface area contributed by atoms with E-state index in [1.54, 1.807) is 0 Å². The molecule has 1 saturated heterocycles. The fraction of sp³-hybridized carbons (Fsp3) is 0.389. The van der Waals surface area contributed by atoms with Gasteiger partial charge in [-0.25, -0.2) is 4.98 Å². The molecule has 6 heteroatoms. The average Bonchev–Trinajstić information content (AvgIpc) is 3.33. The molecule has 0 unspecified atom stereocenters. The molecule has 4 rings (SSSR count). The molecular weight excluding hydrogens is 300 g/mol. The predicted octanol–water partition coefficient (Wildman–Crippen LogP) is 2.85. The third-order valence-corrected chi connectivity index (χ3v) is 4.92. The van der Waals surface area contributed by atoms with Crippen LogP contribution in [0.15, 0.2) is 36.5 Å². The average molecular weight is 322 g/mol. The number of nitrogens with zero attached hydrogens (tertiary/aromatic N) is 5. The van der Waals surface area contributed by atoms with Crippen molar-refractivity contribution in [1.29, 1.82) is 0 Å². The zero-order valence-electron chi connectivity index (χ0n) is 14.1. The minimum Gasteiger partial charge on any atom is -0.289 e. The van der Waals surface area contributed by atoms with E-state index in [9.17, 15) is 0 Å². The first kappa shape index (κ1) is 15.1. The largest absolute Gasteiger partial charge is 0.289 e. The van der Waals surface area contributed by atoms with Gasteiger partial charge >= 0.3 is 0 Å². The van der Waals surface area contributed by atoms with Gasteiger partial charge in [0.05, 0.1) is 12.2 Å². The van der Waals surface area contributed by atoms with Gasteiger partial charge in [0, 0.05) is 30.4 Å². The molecule has 3 aromatic rings. The molecule has 1 aliphatic heterocycles. The van der Waals surface area contributed by atoms with Crippen LogP contribution in [0, 0.1) is 6.92 Å². The van der Waals surface area contributed by atoms with Crippen molar-refractivity contribution in [1.82, 2.24) is 29.9 Å². The van der Waals surface area contributed by atoms with Gasteiger partial charge in [-0.1, -0.05) is 30.3 Å². The lowest BCUT2D eigenvalue weighted by molar-refractivity contribution is 0.239. The van der Waals surface area contributed by atoms with Crippen molar-refractivity contribution in [2.24, 2.45) is 7.05 Å². The molecule has 24 heavy (non-hydrogen) atoms. The number of benzene rings is 1. The van der Waals surface area contributed by atoms with Crippen molar-refractivity contribution >= 4 is 0 Å². The summed E-state index contributed by atoms with van der Waals surface area (Å²) in [5, 5.41) is 11.9. The maximum absolute atomic E-state index is 4.75. The first-order chi connectivity index (χ1) is 11.7. The van der Waals surface area contributed by atoms with Crippen LogP contribution in [-0.2, 0) is 13.6 Å². The minimum absolute atomic E-state index is 0.301. The summed E-state index contributed by atoms with van der Waals surface area (Å²) in [5.41, 5.74) is 3.56. The van der Waals surface area contributed by atoms with E-state index >= 15 is 0 Å². The summed E-state index contributed by atoms with van der Waals surface area (Å²) in [4.78, 5) is 7.22. The van der Waals surface area contributed by atoms with Crippen molar-refractivity contribution in [2.75, 3.05) is 6.54 Å². The second kappa shape index (κ2) is 6.20. The Bertz CT molecular complexity index is 819. The lowest BCUT2D eigenvalue weighted by Crippen LogP contribution is -2.23. The Balaban J connectivity index is 1.55. The molecule has 1 aliphatic rings. The maximum atomic E-state index is 4.75. The Kier molecular flexibility index (Phi) is 3.90. The first-order valence-electron chi connectivity index (χ1n) is 8.41. The molecule has 1 atom stereocenters. The molecular formula is C18H22N6. The van der Waals surface area contributed by atoms with Crippen LogP contribution >= 0.6 is 0 Å². The van der Waals surface area contributed by atoms with Crippen LogP contribution in [0.1, 0.15) is 36.0 Å². The Morgan fingerprint density at radius 2 is 2.08 bits per heavy atom. The zero-order chi connectivity index (χ0) is 16.5. The summed E-state index contributed by atoms with van der Waals surface area (Å²) in [6, 6.07) is 10.4. The summed E-state index contributed by atoms with van der Waals surface area (Å²) >= 11 is 0. The van der Waals surface area contributed by atoms with E-state index < -0.39 is 0 Å². The van der Waals surface area contributed by atoms with Gasteiger partial charge in [0.2, 0.25) is 0 Å². The minimum atomic E-state index is 0.301. The number of H-pyrrole nitrogens is 1. The van der Waals surface area contributed by atoms with Crippen molar-refractivity contribution in [3.63, 3.8) is 0 Å². The fourth-order valence-electron chi connectivity index (χ4n) is 3.38. The molecule has 0 saturated carbocycles. The van der Waals surface area contributed by atoms with Gasteiger partial charge in [0.1, 0.15) is 5.82 Å². The molecule has 1 N–H and O–H groups in total. The van der Waals surface area contributed by atoms with Crippen LogP contribution in [0.25, 0.3) is 11.4 Å². The van der Waals surface area contributed by atoms with Gasteiger partial charge in [-0.15, -0.1) is 0 Å². The van der Waals surface area contributed by atoms with Gasteiger partial charge in [-0.3, -0.25) is 14.7 Å². The summed E-state index contributed by atoms with van der Waals surface area (Å²) in [5.74, 6) is 1.74. The van der Waals surface area contributed by atoms with Gasteiger partial charge in [0.25, 0.3) is 0 Å². The van der Waals surface area contributed by atoms with Crippen molar-refractivity contribution in [3.05, 3.63) is 53.6 Å². The van der Waals surface area contributed by atoms with E-state index in [0.717, 1.165) is 36.7 Å². The number of nitrogens with one attached hydrogen (secondary N) is 1. The van der Waals surface area contributed by atoms with E-state index in [1.807, 2.05) is 48.3 Å². The Morgan fingerprint density at radius 3 is 2.83 bits per heavy atom. The van der Waals surface area contributed by atoms with Gasteiger partial charge in [0.15, 0.2) is 5.82 Å². The molecule has 2 aromatic heterocycles. The van der Waals surface area contributed by atoms with E-state index in [1.165, 1.54) is 17.7 Å². The second-order valence-electron chi connectivity index (χ2n) is 6.42. The number of hydrogen-bond donors (Lipinski definition) is 1. The topological polar surface area (TPSA) is 62.6 Å². The SMILES string of the molecule is Cc1c(CN2CCC[C@H]2c2nc(-c3ccccc3)n[nH]2)cnn1C. The molecule has 1 fully saturated rings. The van der Waals surface area contributed by atoms with Crippen LogP contribution in [0.3, 0.4) is 0 Å². The number of likely N-dealkylation sites (tertiary alicyclic amines) is 1. The van der Waals surface area contributed by atoms with Crippen molar-refractivity contribution in [3.8, 4) is 11.4 Å². The highest BCUT2D eigenvalue weighted by Gasteiger charge is 2.29. The lowest BCUT2D eigenvalue weighted by Gasteiger charge is -2.22. The third-order valence-electron chi connectivity index (χ3n) is 4.92. The molecule has 1 aromatic carbocycles. The van der Waals surface area contributed by atoms with Crippen LogP contribution in [0.2, 0.25) is 0 Å². The molecule has 6 nitrogen and oxygen atoms in total. The summed E-state index contributed by atoms with van der Waals surface area (Å²) in [7, 11) is 1.99. The summed E-state index contributed by atoms with van der Waals surface area (Å²) in [6.07, 6.45) is 4.27. The molecule has 0 radical (unpaired) electrons. The van der Waals surface area contributed by atoms with Crippen LogP contribution in [0.4, 0.5) is 0 Å². The van der Waals surface area contributed by atoms with Crippen molar-refractivity contribution in [2.45, 2.75) is 32.4 Å². The lowest BCUT2D eigenvalue weighted by atomic mass is 10.2. The standard InChI is InChI=1S/C18H22N6/c1-13-15(11-19-23(13)2)12-24-10-6-9-16(24)18-20-17(21-22-18)14-7-4-3-5-8-14/h3-5,7-8,11,16H,6,9-10,12H2,1-2H3,(H,20,21,22)/t16-/m0/s1. The quantitative estimate of drug-likeness (QED) is 0.802. The summed E-state index contributed by atoms with van der Waals surface area (Å²) in [6.45, 7) is 4.11. The smallest absolute Gasteiger partial charge is 0.181 e. The van der Waals surface area contributed by atoms with E-state index in [0.29, 0.717) is 6.04 Å². The monoisotopic (exact) mass is 322 g/mol. The van der Waals surface area contributed by atoms with Crippen LogP contribution in [-0.4, -0.2) is 36.4 Å². The van der Waals surface area contributed by atoms with Crippen LogP contribution < -0.4 is 0 Å². The molecule has 3 heterocycles. The highest BCUT2D eigenvalue weighted by molar-refractivity contribution is 5.53. The predicted molar refractivity (Wildman–Crippen MR) is 92.1 cm³/mol. The molecule has 0 aliphatic carbocycles. The van der Waals surface area contributed by atoms with E-state index in [-0.39, 0.29) is 0 Å². The van der Waals surface area contributed by atoms with Gasteiger partial charge < -0.3 is 0 Å². The normalized spacial score (nSPS) is 18.3. The third kappa shape index (κ3) is 2.73. The fourth-order valence-corrected chi connectivity index (χ4v) is 3.38. The Hall–Kier alpha value is -2.47. The number of rotatable bonds is 4. The van der Waals surface area contributed by atoms with Crippen LogP contribution in [0.5, 0.6) is 0 Å². The highest BCUT2D eigenvalue weighted by atomic mass is 15.3. The molecule has 124 valence electrons. The second-order valence-corrected chi connectivity index (χ2v) is 6.42. The molecule has 0 bridgehead atoms. The van der Waals surface area contributed by atoms with Crippen molar-refractivity contribution < 1.29 is 0 Å². The van der Waals surface area contributed by atoms with E-state index in [2.05, 4.69) is 27.1 Å². The first-order valence-corrected chi connectivity index (χ1v) is 8.41. The van der Waals surface area contributed by atoms with Gasteiger partial charge in [-0.05, 0) is 26.3 Å². The highest BCUT2D eigenvalue weighted by Crippen LogP contribution is 2.32. The Morgan fingerprint density at radius 1 is 1.25 bits per heavy atom. The Labute approximate surface area is 141 Å². The summed E-state index contributed by atoms with van der Waals surface area (Å²) < 4.78 is 1.93. The molecule has 0 amide bonds.